The molecule has 0 saturated heterocycles. The first-order valence-electron chi connectivity index (χ1n) is 34.4. The Bertz CT molecular complexity index is 3800. The van der Waals surface area contributed by atoms with E-state index in [1.54, 1.807) is 43.3 Å². The molecule has 0 aliphatic carbocycles. The Kier molecular flexibility index (Phi) is 31.3. The third kappa shape index (κ3) is 26.4. The number of anilines is 2. The average molecular weight is 1360 g/mol. The summed E-state index contributed by atoms with van der Waals surface area (Å²) in [6.45, 7) is 15.6. The second-order valence-corrected chi connectivity index (χ2v) is 31.5. The maximum atomic E-state index is 14.2. The molecule has 0 aromatic heterocycles. The van der Waals surface area contributed by atoms with Crippen molar-refractivity contribution in [1.29, 1.82) is 0 Å². The second kappa shape index (κ2) is 38.6. The van der Waals surface area contributed by atoms with Gasteiger partial charge in [0.25, 0.3) is 0 Å². The first kappa shape index (κ1) is 78.6. The Labute approximate surface area is 579 Å². The fourth-order valence-corrected chi connectivity index (χ4v) is 13.2. The summed E-state index contributed by atoms with van der Waals surface area (Å²) >= 11 is 0. The van der Waals surface area contributed by atoms with Crippen LogP contribution < -0.4 is 19.2 Å². The van der Waals surface area contributed by atoms with E-state index in [-0.39, 0.29) is 95.9 Å². The predicted octanol–water partition coefficient (Wildman–Crippen LogP) is 15.5. The van der Waals surface area contributed by atoms with E-state index in [4.69, 9.17) is 0 Å². The Morgan fingerprint density at radius 3 is 1.02 bits per heavy atom. The van der Waals surface area contributed by atoms with E-state index in [9.17, 15) is 46.2 Å². The Morgan fingerprint density at radius 2 is 0.701 bits per heavy atom. The Morgan fingerprint density at radius 1 is 0.402 bits per heavy atom. The molecule has 4 N–H and O–H groups in total. The van der Waals surface area contributed by atoms with Crippen molar-refractivity contribution in [2.24, 2.45) is 23.7 Å². The number of carbonyl (C=O) groups excluding carboxylic acids is 4. The summed E-state index contributed by atoms with van der Waals surface area (Å²) in [5, 5.41) is 29.1. The SMILES string of the molecule is CC(C)CCC[C@@H](NC[C@@H](CC(=O)c1cc(C(=O)C[C@H](C)c2ccccc2)cc(N(C)S(C)(=O)=O)c1)Cc1ccccc1)C(O)c1ccccc1.CC(C)CCC[C@@H](NC[C@@H](CC(=O)c1cc(C(=O)C[C@H](C)c2ccccc2)cc(N(C)S(C)(=O)=O)c1)Cc1ccccc1)[C@H](C)O. The highest BCUT2D eigenvalue weighted by atomic mass is 32.2. The third-order valence-electron chi connectivity index (χ3n) is 18.3. The van der Waals surface area contributed by atoms with E-state index >= 15 is 0 Å². The van der Waals surface area contributed by atoms with Crippen LogP contribution in [0.4, 0.5) is 11.4 Å². The molecule has 0 fully saturated rings. The predicted molar refractivity (Wildman–Crippen MR) is 396 cm³/mol. The molecule has 7 rings (SSSR count). The van der Waals surface area contributed by atoms with Gasteiger partial charge in [0, 0.05) is 74.1 Å². The first-order chi connectivity index (χ1) is 46.1. The van der Waals surface area contributed by atoms with Gasteiger partial charge < -0.3 is 20.8 Å². The van der Waals surface area contributed by atoms with Gasteiger partial charge in [-0.2, -0.15) is 0 Å². The van der Waals surface area contributed by atoms with Gasteiger partial charge in [0.05, 0.1) is 36.1 Å². The molecule has 7 aromatic rings. The molecule has 7 aromatic carbocycles. The van der Waals surface area contributed by atoms with Crippen LogP contribution in [0.15, 0.2) is 188 Å². The topological polar surface area (TPSA) is 208 Å². The van der Waals surface area contributed by atoms with Crippen LogP contribution in [0.1, 0.15) is 200 Å². The number of hydrogen-bond acceptors (Lipinski definition) is 12. The molecule has 0 heterocycles. The van der Waals surface area contributed by atoms with Gasteiger partial charge in [0.15, 0.2) is 23.1 Å². The van der Waals surface area contributed by atoms with Crippen LogP contribution >= 0.6 is 0 Å². The number of nitrogens with one attached hydrogen (secondary N) is 2. The van der Waals surface area contributed by atoms with Crippen LogP contribution in [0.25, 0.3) is 0 Å². The number of aliphatic hydroxyl groups excluding tert-OH is 2. The number of hydrogen-bond donors (Lipinski definition) is 4. The van der Waals surface area contributed by atoms with Gasteiger partial charge in [-0.1, -0.05) is 219 Å². The molecule has 8 atom stereocenters. The molecule has 0 saturated carbocycles. The molecule has 14 nitrogen and oxygen atoms in total. The molecule has 0 amide bonds. The van der Waals surface area contributed by atoms with Crippen molar-refractivity contribution in [2.45, 2.75) is 162 Å². The lowest BCUT2D eigenvalue weighted by atomic mass is 9.89. The van der Waals surface area contributed by atoms with Gasteiger partial charge in [-0.05, 0) is 145 Å². The zero-order chi connectivity index (χ0) is 70.8. The summed E-state index contributed by atoms with van der Waals surface area (Å²) in [5.74, 6) is 0.162. The molecule has 1 unspecified atom stereocenters. The highest BCUT2D eigenvalue weighted by Gasteiger charge is 2.28. The van der Waals surface area contributed by atoms with E-state index in [0.717, 1.165) is 87.5 Å². The van der Waals surface area contributed by atoms with Gasteiger partial charge in [-0.25, -0.2) is 16.8 Å². The first-order valence-corrected chi connectivity index (χ1v) is 38.1. The number of ketones is 4. The molecule has 522 valence electrons. The Hall–Kier alpha value is -7.44. The summed E-state index contributed by atoms with van der Waals surface area (Å²) < 4.78 is 52.3. The molecule has 0 radical (unpaired) electrons. The number of Topliss-reactive ketones (excluding diaryl/α,β-unsaturated/α-hetero) is 4. The van der Waals surface area contributed by atoms with Crippen LogP contribution in [-0.4, -0.2) is 108 Å². The minimum Gasteiger partial charge on any atom is -0.392 e. The van der Waals surface area contributed by atoms with Crippen molar-refractivity contribution in [3.05, 3.63) is 238 Å². The maximum Gasteiger partial charge on any atom is 0.231 e. The Balaban J connectivity index is 0.000000308. The monoisotopic (exact) mass is 1360 g/mol. The number of nitrogens with zero attached hydrogens (tertiary/aromatic N) is 2. The van der Waals surface area contributed by atoms with E-state index in [0.29, 0.717) is 60.0 Å². The zero-order valence-electron chi connectivity index (χ0n) is 58.9. The molecule has 16 heteroatoms. The van der Waals surface area contributed by atoms with Crippen molar-refractivity contribution >= 4 is 54.6 Å². The van der Waals surface area contributed by atoms with Gasteiger partial charge in [-0.15, -0.1) is 0 Å². The van der Waals surface area contributed by atoms with E-state index in [1.165, 1.54) is 14.1 Å². The molecule has 0 bridgehead atoms. The number of carbonyl (C=O) groups is 4. The summed E-state index contributed by atoms with van der Waals surface area (Å²) in [4.78, 5) is 55.3. The van der Waals surface area contributed by atoms with E-state index < -0.39 is 32.3 Å². The fraction of sp³-hybridized carbons (Fsp3) is 0.432. The number of rotatable bonds is 39. The van der Waals surface area contributed by atoms with Crippen molar-refractivity contribution in [1.82, 2.24) is 10.6 Å². The van der Waals surface area contributed by atoms with Crippen molar-refractivity contribution in [3.8, 4) is 0 Å². The van der Waals surface area contributed by atoms with Crippen LogP contribution in [0, 0.1) is 23.7 Å². The van der Waals surface area contributed by atoms with Crippen molar-refractivity contribution in [2.75, 3.05) is 48.3 Å². The molecule has 0 spiro atoms. The van der Waals surface area contributed by atoms with Crippen molar-refractivity contribution in [3.63, 3.8) is 0 Å². The lowest BCUT2D eigenvalue weighted by Gasteiger charge is -2.28. The largest absolute Gasteiger partial charge is 0.392 e. The highest BCUT2D eigenvalue weighted by molar-refractivity contribution is 7.92. The zero-order valence-corrected chi connectivity index (χ0v) is 60.6. The van der Waals surface area contributed by atoms with Crippen LogP contribution in [0.2, 0.25) is 0 Å². The number of benzene rings is 7. The third-order valence-corrected chi connectivity index (χ3v) is 20.7. The molecular formula is C81H106N4O10S2. The lowest BCUT2D eigenvalue weighted by Crippen LogP contribution is -2.41. The van der Waals surface area contributed by atoms with Crippen LogP contribution in [0.5, 0.6) is 0 Å². The molecule has 97 heavy (non-hydrogen) atoms. The average Bonchev–Trinajstić information content (AvgIpc) is 0.817. The maximum absolute atomic E-state index is 14.2. The van der Waals surface area contributed by atoms with Gasteiger partial charge in [0.1, 0.15) is 0 Å². The summed E-state index contributed by atoms with van der Waals surface area (Å²) in [5.41, 5.74) is 6.89. The lowest BCUT2D eigenvalue weighted by molar-refractivity contribution is 0.0940. The number of aliphatic hydroxyl groups is 2. The molecule has 0 aliphatic rings. The standard InChI is InChI=1S/C43H54N2O5S.C38H52N2O5S/c1-31(2)16-15-23-40(43(48)36-21-13-8-14-22-36)44-30-34(25-33-17-9-6-10-18-33)26-42(47)38-27-37(28-39(29-38)45(4)51(5,49)50)41(46)24-32(3)35-19-11-7-12-20-35;1-27(2)14-13-19-36(29(4)41)39-26-31(21-30-15-9-7-10-16-30)22-38(43)34-23-33(24-35(25-34)40(5)46(6,44)45)37(42)20-28(3)32-17-11-8-12-18-32/h6-14,17-22,27-29,31-32,34,40,43-44,48H,15-16,23-26,30H2,1-5H3;7-12,15-18,23-25,27-29,31,36,39,41H,13-14,19-22,26H2,1-6H3/t32-,34+,40+,43?;28-,29-,31+,36+/m00/s1. The smallest absolute Gasteiger partial charge is 0.231 e. The van der Waals surface area contributed by atoms with Crippen LogP contribution in [-0.2, 0) is 32.9 Å². The second-order valence-electron chi connectivity index (χ2n) is 27.5. The molecular weight excluding hydrogens is 1250 g/mol. The normalized spacial score (nSPS) is 14.3. The van der Waals surface area contributed by atoms with E-state index in [1.807, 2.05) is 166 Å². The minimum atomic E-state index is -3.66. The molecule has 0 aliphatic heterocycles. The van der Waals surface area contributed by atoms with E-state index in [2.05, 4.69) is 38.3 Å². The summed E-state index contributed by atoms with van der Waals surface area (Å²) in [6, 6.07) is 58.4. The fourth-order valence-electron chi connectivity index (χ4n) is 12.2. The van der Waals surface area contributed by atoms with Crippen LogP contribution in [0.3, 0.4) is 0 Å². The quantitative estimate of drug-likeness (QED) is 0.0266. The van der Waals surface area contributed by atoms with Crippen molar-refractivity contribution < 1.29 is 46.2 Å². The summed E-state index contributed by atoms with van der Waals surface area (Å²) in [6.07, 6.45) is 8.77. The minimum absolute atomic E-state index is 0.0483. The van der Waals surface area contributed by atoms with Gasteiger partial charge in [0.2, 0.25) is 20.0 Å². The van der Waals surface area contributed by atoms with Gasteiger partial charge in [-0.3, -0.25) is 27.8 Å². The highest BCUT2D eigenvalue weighted by Crippen LogP contribution is 2.31. The summed E-state index contributed by atoms with van der Waals surface area (Å²) in [7, 11) is -4.43. The number of sulfonamides is 2. The van der Waals surface area contributed by atoms with Gasteiger partial charge >= 0.3 is 0 Å².